The average molecular weight is 316 g/mol. The molecule has 0 atom stereocenters. The third-order valence-electron chi connectivity index (χ3n) is 3.02. The van der Waals surface area contributed by atoms with Crippen LogP contribution in [0.1, 0.15) is 0 Å². The Hall–Kier alpha value is -1.78. The summed E-state index contributed by atoms with van der Waals surface area (Å²) in [6, 6.07) is 15.8. The molecular formula is C16H14ClN3S. The van der Waals surface area contributed by atoms with Gasteiger partial charge in [-0.05, 0) is 30.3 Å². The summed E-state index contributed by atoms with van der Waals surface area (Å²) in [5, 5.41) is 6.25. The predicted molar refractivity (Wildman–Crippen MR) is 90.2 cm³/mol. The number of nitrogens with one attached hydrogen (secondary N) is 1. The molecular weight excluding hydrogens is 302 g/mol. The molecule has 0 aliphatic heterocycles. The van der Waals surface area contributed by atoms with Gasteiger partial charge in [0.2, 0.25) is 0 Å². The van der Waals surface area contributed by atoms with Gasteiger partial charge in [-0.2, -0.15) is 0 Å². The van der Waals surface area contributed by atoms with E-state index in [9.17, 15) is 0 Å². The number of fused-ring (bicyclic) bond motifs is 1. The van der Waals surface area contributed by atoms with E-state index < -0.39 is 0 Å². The van der Waals surface area contributed by atoms with E-state index in [-0.39, 0.29) is 0 Å². The molecule has 5 heteroatoms. The zero-order valence-electron chi connectivity index (χ0n) is 11.3. The van der Waals surface area contributed by atoms with E-state index in [1.165, 1.54) is 0 Å². The van der Waals surface area contributed by atoms with Gasteiger partial charge < -0.3 is 5.32 Å². The smallest absolute Gasteiger partial charge is 0.117 e. The number of nitrogens with zero attached hydrogens (tertiary/aromatic N) is 2. The lowest BCUT2D eigenvalue weighted by Crippen LogP contribution is -2.04. The summed E-state index contributed by atoms with van der Waals surface area (Å²) in [5.41, 5.74) is 2.06. The van der Waals surface area contributed by atoms with Crippen LogP contribution in [0.5, 0.6) is 0 Å². The van der Waals surface area contributed by atoms with Crippen molar-refractivity contribution in [3.8, 4) is 0 Å². The second-order valence-electron chi connectivity index (χ2n) is 4.48. The second-order valence-corrected chi connectivity index (χ2v) is 6.00. The molecule has 0 saturated heterocycles. The van der Waals surface area contributed by atoms with Crippen LogP contribution in [0.25, 0.3) is 10.9 Å². The molecule has 0 fully saturated rings. The van der Waals surface area contributed by atoms with Crippen molar-refractivity contribution in [2.24, 2.45) is 0 Å². The molecule has 0 bridgehead atoms. The fraction of sp³-hybridized carbons (Fsp3) is 0.125. The van der Waals surface area contributed by atoms with Crippen LogP contribution in [0.4, 0.5) is 5.69 Å². The first kappa shape index (κ1) is 14.2. The van der Waals surface area contributed by atoms with Crippen LogP contribution >= 0.6 is 23.4 Å². The quantitative estimate of drug-likeness (QED) is 0.428. The van der Waals surface area contributed by atoms with Gasteiger partial charge in [0.25, 0.3) is 0 Å². The summed E-state index contributed by atoms with van der Waals surface area (Å²) >= 11 is 7.60. The number of para-hydroxylation sites is 1. The van der Waals surface area contributed by atoms with Crippen LogP contribution in [0, 0.1) is 0 Å². The summed E-state index contributed by atoms with van der Waals surface area (Å²) in [5.74, 6) is 0.934. The molecule has 3 nitrogen and oxygen atoms in total. The molecule has 0 aliphatic carbocycles. The molecule has 0 aliphatic rings. The van der Waals surface area contributed by atoms with Crippen molar-refractivity contribution in [2.45, 2.75) is 5.03 Å². The van der Waals surface area contributed by atoms with Gasteiger partial charge in [0.05, 0.1) is 5.52 Å². The minimum absolute atomic E-state index is 0.752. The maximum Gasteiger partial charge on any atom is 0.117 e. The van der Waals surface area contributed by atoms with Gasteiger partial charge in [-0.3, -0.25) is 0 Å². The van der Waals surface area contributed by atoms with Gasteiger partial charge in [0.15, 0.2) is 0 Å². The third kappa shape index (κ3) is 3.65. The van der Waals surface area contributed by atoms with Gasteiger partial charge in [-0.25, -0.2) is 9.97 Å². The van der Waals surface area contributed by atoms with Crippen molar-refractivity contribution in [3.63, 3.8) is 0 Å². The Morgan fingerprint density at radius 2 is 1.81 bits per heavy atom. The minimum Gasteiger partial charge on any atom is -0.384 e. The Morgan fingerprint density at radius 1 is 1.00 bits per heavy atom. The molecule has 106 valence electrons. The average Bonchev–Trinajstić information content (AvgIpc) is 2.53. The number of aromatic nitrogens is 2. The molecule has 1 aromatic heterocycles. The fourth-order valence-electron chi connectivity index (χ4n) is 2.01. The maximum atomic E-state index is 5.86. The van der Waals surface area contributed by atoms with Gasteiger partial charge in [-0.15, -0.1) is 11.8 Å². The van der Waals surface area contributed by atoms with Crippen LogP contribution in [-0.2, 0) is 0 Å². The van der Waals surface area contributed by atoms with Crippen molar-refractivity contribution < 1.29 is 0 Å². The van der Waals surface area contributed by atoms with Crippen LogP contribution < -0.4 is 5.32 Å². The van der Waals surface area contributed by atoms with Crippen LogP contribution in [0.15, 0.2) is 59.9 Å². The Balaban J connectivity index is 1.58. The van der Waals surface area contributed by atoms with Gasteiger partial charge >= 0.3 is 0 Å². The summed E-state index contributed by atoms with van der Waals surface area (Å²) in [6.07, 6.45) is 1.62. The van der Waals surface area contributed by atoms with Gasteiger partial charge in [0.1, 0.15) is 11.4 Å². The van der Waals surface area contributed by atoms with Crippen molar-refractivity contribution in [1.82, 2.24) is 9.97 Å². The second kappa shape index (κ2) is 6.78. The topological polar surface area (TPSA) is 37.8 Å². The summed E-state index contributed by atoms with van der Waals surface area (Å²) < 4.78 is 0. The van der Waals surface area contributed by atoms with E-state index in [2.05, 4.69) is 21.4 Å². The first-order valence-corrected chi connectivity index (χ1v) is 8.01. The summed E-state index contributed by atoms with van der Waals surface area (Å²) in [6.45, 7) is 0.866. The Morgan fingerprint density at radius 3 is 2.67 bits per heavy atom. The van der Waals surface area contributed by atoms with Crippen LogP contribution in [0.3, 0.4) is 0 Å². The first-order chi connectivity index (χ1) is 10.3. The van der Waals surface area contributed by atoms with Crippen LogP contribution in [0.2, 0.25) is 5.02 Å². The van der Waals surface area contributed by atoms with Crippen molar-refractivity contribution in [1.29, 1.82) is 0 Å². The highest BCUT2D eigenvalue weighted by atomic mass is 35.5. The lowest BCUT2D eigenvalue weighted by atomic mass is 10.2. The molecule has 0 radical (unpaired) electrons. The van der Waals surface area contributed by atoms with Crippen molar-refractivity contribution in [3.05, 3.63) is 59.9 Å². The van der Waals surface area contributed by atoms with E-state index >= 15 is 0 Å². The Kier molecular flexibility index (Phi) is 4.58. The lowest BCUT2D eigenvalue weighted by Gasteiger charge is -2.07. The Labute approximate surface area is 132 Å². The summed E-state index contributed by atoms with van der Waals surface area (Å²) in [4.78, 5) is 8.64. The van der Waals surface area contributed by atoms with E-state index in [0.29, 0.717) is 0 Å². The lowest BCUT2D eigenvalue weighted by molar-refractivity contribution is 1.10. The standard InChI is InChI=1S/C16H14ClN3S/c17-12-5-7-13(8-6-12)18-9-10-21-16-14-3-1-2-4-15(14)19-11-20-16/h1-8,11,18H,9-10H2. The van der Waals surface area contributed by atoms with Crippen molar-refractivity contribution >= 4 is 40.0 Å². The zero-order valence-corrected chi connectivity index (χ0v) is 12.9. The predicted octanol–water partition coefficient (Wildman–Crippen LogP) is 4.49. The highest BCUT2D eigenvalue weighted by molar-refractivity contribution is 7.99. The number of hydrogen-bond acceptors (Lipinski definition) is 4. The minimum atomic E-state index is 0.752. The zero-order chi connectivity index (χ0) is 14.5. The molecule has 1 heterocycles. The largest absolute Gasteiger partial charge is 0.384 e. The SMILES string of the molecule is Clc1ccc(NCCSc2ncnc3ccccc23)cc1. The molecule has 0 amide bonds. The molecule has 0 saturated carbocycles. The van der Waals surface area contributed by atoms with E-state index in [4.69, 9.17) is 11.6 Å². The van der Waals surface area contributed by atoms with Crippen molar-refractivity contribution in [2.75, 3.05) is 17.6 Å². The maximum absolute atomic E-state index is 5.86. The molecule has 0 spiro atoms. The summed E-state index contributed by atoms with van der Waals surface area (Å²) in [7, 11) is 0. The fourth-order valence-corrected chi connectivity index (χ4v) is 2.98. The van der Waals surface area contributed by atoms with Crippen LogP contribution in [-0.4, -0.2) is 22.3 Å². The number of anilines is 1. The molecule has 3 aromatic rings. The van der Waals surface area contributed by atoms with Gasteiger partial charge in [0, 0.05) is 28.4 Å². The monoisotopic (exact) mass is 315 g/mol. The molecule has 3 rings (SSSR count). The highest BCUT2D eigenvalue weighted by Gasteiger charge is 2.03. The highest BCUT2D eigenvalue weighted by Crippen LogP contribution is 2.24. The van der Waals surface area contributed by atoms with E-state index in [0.717, 1.165) is 38.9 Å². The number of hydrogen-bond donors (Lipinski definition) is 1. The Bertz CT molecular complexity index is 726. The number of benzene rings is 2. The third-order valence-corrected chi connectivity index (χ3v) is 4.28. The van der Waals surface area contributed by atoms with E-state index in [1.54, 1.807) is 18.1 Å². The molecule has 0 unspecified atom stereocenters. The number of halogens is 1. The first-order valence-electron chi connectivity index (χ1n) is 6.65. The molecule has 2 aromatic carbocycles. The van der Waals surface area contributed by atoms with Gasteiger partial charge in [-0.1, -0.05) is 29.8 Å². The molecule has 1 N–H and O–H groups in total. The van der Waals surface area contributed by atoms with E-state index in [1.807, 2.05) is 42.5 Å². The number of thioether (sulfide) groups is 1. The molecule has 21 heavy (non-hydrogen) atoms. The number of rotatable bonds is 5. The normalized spacial score (nSPS) is 10.7.